The highest BCUT2D eigenvalue weighted by molar-refractivity contribution is 5.76. The molecule has 0 bridgehead atoms. The van der Waals surface area contributed by atoms with Gasteiger partial charge in [-0.2, -0.15) is 0 Å². The molecule has 9 N–H and O–H groups in total. The van der Waals surface area contributed by atoms with Gasteiger partial charge in [0.2, 0.25) is 5.91 Å². The molecule has 0 aromatic carbocycles. The number of rotatable bonds is 54. The molecule has 0 aromatic heterocycles. The summed E-state index contributed by atoms with van der Waals surface area (Å²) >= 11 is 0. The van der Waals surface area contributed by atoms with Crippen molar-refractivity contribution in [2.75, 3.05) is 19.8 Å². The van der Waals surface area contributed by atoms with Crippen LogP contribution in [0.25, 0.3) is 0 Å². The molecule has 2 saturated heterocycles. The van der Waals surface area contributed by atoms with Crippen LogP contribution in [0.2, 0.25) is 0 Å². The van der Waals surface area contributed by atoms with Gasteiger partial charge in [0.15, 0.2) is 12.6 Å². The molecule has 0 spiro atoms. The molecule has 2 aliphatic heterocycles. The van der Waals surface area contributed by atoms with Crippen LogP contribution in [-0.4, -0.2) is 140 Å². The molecule has 478 valence electrons. The molecule has 0 aromatic rings. The van der Waals surface area contributed by atoms with Crippen molar-refractivity contribution in [2.24, 2.45) is 0 Å². The summed E-state index contributed by atoms with van der Waals surface area (Å²) in [6.45, 7) is 2.79. The molecule has 82 heavy (non-hydrogen) atoms. The maximum Gasteiger partial charge on any atom is 0.220 e. The highest BCUT2D eigenvalue weighted by Crippen LogP contribution is 2.30. The second-order valence-corrected chi connectivity index (χ2v) is 23.6. The number of carbonyl (C=O) groups excluding carboxylic acids is 1. The number of hydrogen-bond acceptors (Lipinski definition) is 13. The first-order valence-electron chi connectivity index (χ1n) is 33.5. The Kier molecular flexibility index (Phi) is 49.0. The lowest BCUT2D eigenvalue weighted by Crippen LogP contribution is -2.65. The SMILES string of the molecule is CCCCCCC/C=C\C/C=C\CCCCCCCCCCCCCCCC(=O)NC(COC1OC(CO)C(OC2OC(CO)C(O)C(O)C2O)C(O)C1O)C(O)/C=C/CC/C=C/CC/C=C/CCCCCCCCCCCCCCC. The van der Waals surface area contributed by atoms with E-state index in [1.54, 1.807) is 6.08 Å². The predicted octanol–water partition coefficient (Wildman–Crippen LogP) is 12.9. The van der Waals surface area contributed by atoms with E-state index in [1.807, 2.05) is 6.08 Å². The fourth-order valence-corrected chi connectivity index (χ4v) is 10.8. The van der Waals surface area contributed by atoms with Gasteiger partial charge < -0.3 is 65.1 Å². The van der Waals surface area contributed by atoms with Crippen molar-refractivity contribution in [3.63, 3.8) is 0 Å². The second kappa shape index (κ2) is 53.0. The molecule has 2 rings (SSSR count). The number of ether oxygens (including phenoxy) is 4. The minimum atomic E-state index is -1.79. The van der Waals surface area contributed by atoms with Crippen LogP contribution in [0, 0.1) is 0 Å². The van der Waals surface area contributed by atoms with Crippen LogP contribution in [-0.2, 0) is 23.7 Å². The highest BCUT2D eigenvalue weighted by Gasteiger charge is 2.51. The van der Waals surface area contributed by atoms with E-state index in [-0.39, 0.29) is 18.9 Å². The third kappa shape index (κ3) is 37.3. The van der Waals surface area contributed by atoms with Gasteiger partial charge in [0.05, 0.1) is 32.0 Å². The Morgan fingerprint density at radius 1 is 0.439 bits per heavy atom. The first kappa shape index (κ1) is 75.8. The van der Waals surface area contributed by atoms with Crippen molar-refractivity contribution in [1.29, 1.82) is 0 Å². The standard InChI is InChI=1S/C68H123NO13/c1-3-5-7-9-11-13-15-17-19-21-23-25-27-28-30-32-34-36-38-40-42-44-46-48-50-52-60(73)69-56(55-79-67-65(78)63(76)66(59(54-71)81-67)82-68-64(77)62(75)61(74)58(53-70)80-68)57(72)51-49-47-45-43-41-39-37-35-33-31-29-26-24-22-20-18-16-14-12-10-8-6-4-2/h15,17,21,23,33,35,41,43,49,51,56-59,61-68,70-72,74-78H,3-14,16,18-20,22,24-32,34,36-40,42,44-48,50,52-55H2,1-2H3,(H,69,73)/b17-15-,23-21-,35-33+,43-41+,51-49+. The van der Waals surface area contributed by atoms with Crippen molar-refractivity contribution < 1.29 is 64.6 Å². The number of aliphatic hydroxyl groups excluding tert-OH is 8. The van der Waals surface area contributed by atoms with Crippen molar-refractivity contribution >= 4 is 5.91 Å². The molecule has 0 radical (unpaired) electrons. The molecular weight excluding hydrogens is 1040 g/mol. The van der Waals surface area contributed by atoms with Gasteiger partial charge in [0.1, 0.15) is 48.8 Å². The van der Waals surface area contributed by atoms with Gasteiger partial charge >= 0.3 is 0 Å². The van der Waals surface area contributed by atoms with Gasteiger partial charge in [-0.1, -0.05) is 248 Å². The summed E-state index contributed by atoms with van der Waals surface area (Å²) in [4.78, 5) is 13.3. The first-order valence-corrected chi connectivity index (χ1v) is 33.5. The Bertz CT molecular complexity index is 1610. The number of aliphatic hydroxyl groups is 8. The quantitative estimate of drug-likeness (QED) is 0.0204. The van der Waals surface area contributed by atoms with E-state index in [1.165, 1.54) is 186 Å². The lowest BCUT2D eigenvalue weighted by molar-refractivity contribution is -0.359. The predicted molar refractivity (Wildman–Crippen MR) is 332 cm³/mol. The van der Waals surface area contributed by atoms with E-state index in [0.717, 1.165) is 51.4 Å². The zero-order chi connectivity index (χ0) is 59.5. The fourth-order valence-electron chi connectivity index (χ4n) is 10.8. The van der Waals surface area contributed by atoms with E-state index in [0.29, 0.717) is 12.8 Å². The largest absolute Gasteiger partial charge is 0.394 e. The molecule has 2 aliphatic rings. The van der Waals surface area contributed by atoms with Crippen molar-refractivity contribution in [2.45, 2.75) is 344 Å². The van der Waals surface area contributed by atoms with Gasteiger partial charge in [-0.3, -0.25) is 4.79 Å². The Morgan fingerprint density at radius 2 is 0.817 bits per heavy atom. The summed E-state index contributed by atoms with van der Waals surface area (Å²) in [6.07, 6.45) is 52.7. The van der Waals surface area contributed by atoms with Crippen LogP contribution in [0.4, 0.5) is 0 Å². The van der Waals surface area contributed by atoms with E-state index in [2.05, 4.69) is 67.8 Å². The Hall–Kier alpha value is -2.31. The number of nitrogens with one attached hydrogen (secondary N) is 1. The molecule has 12 atom stereocenters. The van der Waals surface area contributed by atoms with Crippen LogP contribution < -0.4 is 5.32 Å². The summed E-state index contributed by atoms with van der Waals surface area (Å²) in [5, 5.41) is 87.3. The molecule has 12 unspecified atom stereocenters. The lowest BCUT2D eigenvalue weighted by Gasteiger charge is -2.46. The Balaban J connectivity index is 1.74. The topological polar surface area (TPSA) is 228 Å². The summed E-state index contributed by atoms with van der Waals surface area (Å²) in [5.74, 6) is -0.253. The molecule has 2 fully saturated rings. The van der Waals surface area contributed by atoms with Crippen LogP contribution in [0.15, 0.2) is 60.8 Å². The van der Waals surface area contributed by atoms with E-state index in [4.69, 9.17) is 18.9 Å². The van der Waals surface area contributed by atoms with Crippen molar-refractivity contribution in [1.82, 2.24) is 5.32 Å². The molecule has 0 saturated carbocycles. The highest BCUT2D eigenvalue weighted by atomic mass is 16.7. The molecular formula is C68H123NO13. The van der Waals surface area contributed by atoms with Crippen molar-refractivity contribution in [3.05, 3.63) is 60.8 Å². The maximum absolute atomic E-state index is 13.3. The third-order valence-electron chi connectivity index (χ3n) is 16.2. The van der Waals surface area contributed by atoms with E-state index < -0.39 is 86.8 Å². The zero-order valence-corrected chi connectivity index (χ0v) is 51.7. The maximum atomic E-state index is 13.3. The normalized spacial score (nSPS) is 24.3. The summed E-state index contributed by atoms with van der Waals surface area (Å²) in [7, 11) is 0. The average molecular weight is 1160 g/mol. The minimum absolute atomic E-state index is 0.253. The molecule has 14 heteroatoms. The number of allylic oxidation sites excluding steroid dienone is 9. The minimum Gasteiger partial charge on any atom is -0.394 e. The zero-order valence-electron chi connectivity index (χ0n) is 51.7. The summed E-state index contributed by atoms with van der Waals surface area (Å²) in [6, 6.07) is -0.941. The van der Waals surface area contributed by atoms with Crippen LogP contribution >= 0.6 is 0 Å². The average Bonchev–Trinajstić information content (AvgIpc) is 3.56. The second-order valence-electron chi connectivity index (χ2n) is 23.6. The Labute approximate surface area is 498 Å². The number of hydrogen-bond donors (Lipinski definition) is 9. The van der Waals surface area contributed by atoms with Crippen LogP contribution in [0.1, 0.15) is 271 Å². The number of carbonyl (C=O) groups is 1. The summed E-state index contributed by atoms with van der Waals surface area (Å²) < 4.78 is 22.8. The molecule has 2 heterocycles. The molecule has 1 amide bonds. The van der Waals surface area contributed by atoms with Crippen LogP contribution in [0.3, 0.4) is 0 Å². The number of unbranched alkanes of at least 4 members (excludes halogenated alkanes) is 33. The van der Waals surface area contributed by atoms with Crippen LogP contribution in [0.5, 0.6) is 0 Å². The van der Waals surface area contributed by atoms with Gasteiger partial charge in [-0.25, -0.2) is 0 Å². The van der Waals surface area contributed by atoms with Gasteiger partial charge in [-0.15, -0.1) is 0 Å². The first-order chi connectivity index (χ1) is 40.1. The Morgan fingerprint density at radius 3 is 1.27 bits per heavy atom. The van der Waals surface area contributed by atoms with E-state index >= 15 is 0 Å². The van der Waals surface area contributed by atoms with Gasteiger partial charge in [0.25, 0.3) is 0 Å². The van der Waals surface area contributed by atoms with E-state index in [9.17, 15) is 45.6 Å². The van der Waals surface area contributed by atoms with Crippen molar-refractivity contribution in [3.8, 4) is 0 Å². The molecule has 0 aliphatic carbocycles. The van der Waals surface area contributed by atoms with Gasteiger partial charge in [-0.05, 0) is 77.0 Å². The lowest BCUT2D eigenvalue weighted by atomic mass is 9.97. The smallest absolute Gasteiger partial charge is 0.220 e. The third-order valence-corrected chi connectivity index (χ3v) is 16.2. The summed E-state index contributed by atoms with van der Waals surface area (Å²) in [5.41, 5.74) is 0. The van der Waals surface area contributed by atoms with Gasteiger partial charge in [0, 0.05) is 6.42 Å². The number of amides is 1. The molecule has 14 nitrogen and oxygen atoms in total. The monoisotopic (exact) mass is 1160 g/mol. The fraction of sp³-hybridized carbons (Fsp3) is 0.838.